The van der Waals surface area contributed by atoms with Gasteiger partial charge in [-0.15, -0.1) is 0 Å². The first-order valence-corrected chi connectivity index (χ1v) is 6.04. The summed E-state index contributed by atoms with van der Waals surface area (Å²) in [5.41, 5.74) is 1.11. The van der Waals surface area contributed by atoms with Crippen molar-refractivity contribution in [2.75, 3.05) is 31.5 Å². The molecule has 0 spiro atoms. The number of aromatic nitrogens is 2. The molecule has 0 atom stereocenters. The van der Waals surface area contributed by atoms with Gasteiger partial charge in [0.25, 0.3) is 0 Å². The van der Waals surface area contributed by atoms with Crippen LogP contribution in [0.3, 0.4) is 0 Å². The van der Waals surface area contributed by atoms with Gasteiger partial charge in [0.05, 0.1) is 11.9 Å². The first kappa shape index (κ1) is 16.3. The van der Waals surface area contributed by atoms with Crippen LogP contribution in [0.15, 0.2) is 12.4 Å². The van der Waals surface area contributed by atoms with E-state index >= 15 is 0 Å². The highest BCUT2D eigenvalue weighted by atomic mass is 19.4. The number of aryl methyl sites for hydroxylation is 1. The highest BCUT2D eigenvalue weighted by molar-refractivity contribution is 5.73. The molecule has 0 saturated carbocycles. The summed E-state index contributed by atoms with van der Waals surface area (Å²) < 4.78 is 33.5. The molecular weight excluding hydrogens is 277 g/mol. The average molecular weight is 294 g/mol. The van der Waals surface area contributed by atoms with Crippen molar-refractivity contribution in [2.45, 2.75) is 12.6 Å². The third-order valence-corrected chi connectivity index (χ3v) is 2.65. The third-order valence-electron chi connectivity index (χ3n) is 2.65. The van der Waals surface area contributed by atoms with Crippen molar-refractivity contribution >= 4 is 11.7 Å². The maximum Gasteiger partial charge on any atom is 0.490 e. The molecule has 0 aliphatic carbocycles. The lowest BCUT2D eigenvalue weighted by Crippen LogP contribution is -2.40. The van der Waals surface area contributed by atoms with E-state index in [0.29, 0.717) is 0 Å². The minimum atomic E-state index is -5.08. The summed E-state index contributed by atoms with van der Waals surface area (Å²) in [6.45, 7) is 4.71. The number of rotatable bonds is 4. The van der Waals surface area contributed by atoms with Crippen molar-refractivity contribution < 1.29 is 23.1 Å². The topological polar surface area (TPSA) is 70.4 Å². The number of alkyl halides is 3. The molecule has 20 heavy (non-hydrogen) atoms. The van der Waals surface area contributed by atoms with Crippen LogP contribution in [0.5, 0.6) is 0 Å². The monoisotopic (exact) mass is 294 g/mol. The molecule has 1 fully saturated rings. The zero-order valence-electron chi connectivity index (χ0n) is 11.0. The summed E-state index contributed by atoms with van der Waals surface area (Å²) in [7, 11) is 1.93. The Labute approximate surface area is 114 Å². The van der Waals surface area contributed by atoms with E-state index in [1.165, 1.54) is 19.5 Å². The van der Waals surface area contributed by atoms with E-state index in [4.69, 9.17) is 9.90 Å². The quantitative estimate of drug-likeness (QED) is 0.872. The van der Waals surface area contributed by atoms with Gasteiger partial charge in [-0.1, -0.05) is 0 Å². The molecule has 1 aromatic heterocycles. The number of hydrogen-bond donors (Lipinski definition) is 2. The number of hydrogen-bond acceptors (Lipinski definition) is 4. The molecule has 1 aliphatic heterocycles. The maximum absolute atomic E-state index is 10.6. The molecule has 2 N–H and O–H groups in total. The number of aliphatic carboxylic acids is 1. The molecule has 1 saturated heterocycles. The van der Waals surface area contributed by atoms with E-state index in [-0.39, 0.29) is 0 Å². The number of carboxylic acids is 1. The Bertz CT molecular complexity index is 430. The van der Waals surface area contributed by atoms with Gasteiger partial charge in [0, 0.05) is 26.3 Å². The Hall–Kier alpha value is -1.77. The van der Waals surface area contributed by atoms with Gasteiger partial charge in [-0.3, -0.25) is 4.68 Å². The Morgan fingerprint density at radius 3 is 2.45 bits per heavy atom. The molecule has 6 nitrogen and oxygen atoms in total. The molecule has 2 rings (SSSR count). The molecular formula is C11H17F3N4O2. The van der Waals surface area contributed by atoms with Crippen molar-refractivity contribution in [2.24, 2.45) is 7.05 Å². The third kappa shape index (κ3) is 5.91. The molecule has 0 amide bonds. The van der Waals surface area contributed by atoms with Gasteiger partial charge in [0.15, 0.2) is 0 Å². The lowest BCUT2D eigenvalue weighted by atomic mass is 10.2. The molecule has 0 radical (unpaired) electrons. The highest BCUT2D eigenvalue weighted by Gasteiger charge is 2.38. The largest absolute Gasteiger partial charge is 0.490 e. The van der Waals surface area contributed by atoms with Gasteiger partial charge in [0.2, 0.25) is 0 Å². The van der Waals surface area contributed by atoms with Gasteiger partial charge in [-0.2, -0.15) is 18.3 Å². The number of carboxylic acid groups (broad SMARTS) is 1. The summed E-state index contributed by atoms with van der Waals surface area (Å²) >= 11 is 0. The van der Waals surface area contributed by atoms with E-state index in [9.17, 15) is 13.2 Å². The normalized spacial score (nSPS) is 15.0. The van der Waals surface area contributed by atoms with Crippen molar-refractivity contribution in [1.29, 1.82) is 0 Å². The van der Waals surface area contributed by atoms with Crippen LogP contribution in [0.25, 0.3) is 0 Å². The van der Waals surface area contributed by atoms with Crippen LogP contribution in [0.1, 0.15) is 6.42 Å². The van der Waals surface area contributed by atoms with E-state index in [0.717, 1.165) is 18.8 Å². The fourth-order valence-electron chi connectivity index (χ4n) is 1.48. The molecule has 114 valence electrons. The van der Waals surface area contributed by atoms with Crippen LogP contribution in [0, 0.1) is 0 Å². The second kappa shape index (κ2) is 7.13. The van der Waals surface area contributed by atoms with Crippen LogP contribution in [0.2, 0.25) is 0 Å². The summed E-state index contributed by atoms with van der Waals surface area (Å²) in [5.74, 6) is -2.76. The van der Waals surface area contributed by atoms with Gasteiger partial charge < -0.3 is 15.3 Å². The number of anilines is 1. The zero-order valence-corrected chi connectivity index (χ0v) is 11.0. The maximum atomic E-state index is 10.6. The van der Waals surface area contributed by atoms with Gasteiger partial charge >= 0.3 is 12.1 Å². The van der Waals surface area contributed by atoms with Crippen LogP contribution in [-0.2, 0) is 11.8 Å². The molecule has 0 unspecified atom stereocenters. The Morgan fingerprint density at radius 2 is 2.10 bits per heavy atom. The van der Waals surface area contributed by atoms with Gasteiger partial charge in [-0.25, -0.2) is 4.79 Å². The fraction of sp³-hybridized carbons (Fsp3) is 0.636. The number of likely N-dealkylation sites (tertiary alicyclic amines) is 1. The Kier molecular flexibility index (Phi) is 5.81. The second-order valence-electron chi connectivity index (χ2n) is 4.33. The fourth-order valence-corrected chi connectivity index (χ4v) is 1.48. The van der Waals surface area contributed by atoms with Crippen LogP contribution < -0.4 is 5.32 Å². The van der Waals surface area contributed by atoms with Crippen LogP contribution >= 0.6 is 0 Å². The smallest absolute Gasteiger partial charge is 0.475 e. The predicted molar refractivity (Wildman–Crippen MR) is 66.4 cm³/mol. The van der Waals surface area contributed by atoms with Crippen molar-refractivity contribution in [3.05, 3.63) is 12.4 Å². The molecule has 1 aliphatic rings. The summed E-state index contributed by atoms with van der Waals surface area (Å²) in [4.78, 5) is 11.3. The van der Waals surface area contributed by atoms with E-state index in [1.807, 2.05) is 24.1 Å². The van der Waals surface area contributed by atoms with Gasteiger partial charge in [-0.05, 0) is 19.5 Å². The number of nitrogens with one attached hydrogen (secondary N) is 1. The van der Waals surface area contributed by atoms with Crippen LogP contribution in [-0.4, -0.2) is 58.1 Å². The Balaban J connectivity index is 0.000000246. The minimum Gasteiger partial charge on any atom is -0.475 e. The van der Waals surface area contributed by atoms with E-state index < -0.39 is 12.1 Å². The first-order chi connectivity index (χ1) is 9.29. The Morgan fingerprint density at radius 1 is 1.50 bits per heavy atom. The second-order valence-corrected chi connectivity index (χ2v) is 4.33. The van der Waals surface area contributed by atoms with E-state index in [2.05, 4.69) is 15.3 Å². The lowest BCUT2D eigenvalue weighted by molar-refractivity contribution is -0.192. The predicted octanol–water partition coefficient (Wildman–Crippen LogP) is 1.17. The molecule has 0 aromatic carbocycles. The minimum absolute atomic E-state index is 1.02. The summed E-state index contributed by atoms with van der Waals surface area (Å²) in [6.07, 6.45) is 0.138. The standard InChI is InChI=1S/C9H16N4.C2HF3O2/c1-12-8-9(7-11-12)10-3-6-13-4-2-5-13;3-2(4,5)1(6)7/h7-8,10H,2-6H2,1H3;(H,6,7). The summed E-state index contributed by atoms with van der Waals surface area (Å²) in [6, 6.07) is 0. The van der Waals surface area contributed by atoms with Crippen molar-refractivity contribution in [3.8, 4) is 0 Å². The molecule has 0 bridgehead atoms. The molecule has 9 heteroatoms. The first-order valence-electron chi connectivity index (χ1n) is 6.04. The van der Waals surface area contributed by atoms with Crippen molar-refractivity contribution in [3.63, 3.8) is 0 Å². The molecule has 1 aromatic rings. The number of halogens is 3. The summed E-state index contributed by atoms with van der Waals surface area (Å²) in [5, 5.41) is 14.6. The van der Waals surface area contributed by atoms with Gasteiger partial charge in [0.1, 0.15) is 0 Å². The SMILES string of the molecule is Cn1cc(NCCN2CCC2)cn1.O=C(O)C(F)(F)F. The average Bonchev–Trinajstić information content (AvgIpc) is 2.67. The van der Waals surface area contributed by atoms with Crippen LogP contribution in [0.4, 0.5) is 18.9 Å². The number of nitrogens with zero attached hydrogens (tertiary/aromatic N) is 3. The van der Waals surface area contributed by atoms with Crippen molar-refractivity contribution in [1.82, 2.24) is 14.7 Å². The zero-order chi connectivity index (χ0) is 15.2. The lowest BCUT2D eigenvalue weighted by Gasteiger charge is -2.30. The number of carbonyl (C=O) groups is 1. The van der Waals surface area contributed by atoms with E-state index in [1.54, 1.807) is 0 Å². The highest BCUT2D eigenvalue weighted by Crippen LogP contribution is 2.13. The molecule has 2 heterocycles.